The second-order valence-electron chi connectivity index (χ2n) is 5.25. The van der Waals surface area contributed by atoms with E-state index in [1.807, 2.05) is 38.1 Å². The Morgan fingerprint density at radius 1 is 1.27 bits per heavy atom. The van der Waals surface area contributed by atoms with Gasteiger partial charge in [0.1, 0.15) is 6.54 Å². The highest BCUT2D eigenvalue weighted by atomic mass is 79.9. The van der Waals surface area contributed by atoms with Gasteiger partial charge in [0.25, 0.3) is 5.56 Å². The molecule has 0 N–H and O–H groups in total. The molecule has 1 amide bonds. The molecule has 0 saturated heterocycles. The number of hydrogen-bond acceptors (Lipinski definition) is 2. The molecule has 5 heteroatoms. The molecule has 0 aliphatic rings. The van der Waals surface area contributed by atoms with Crippen LogP contribution in [0.15, 0.2) is 45.8 Å². The van der Waals surface area contributed by atoms with Crippen molar-refractivity contribution in [3.8, 4) is 0 Å². The average Bonchev–Trinajstić information content (AvgIpc) is 2.45. The first kappa shape index (κ1) is 16.5. The van der Waals surface area contributed by atoms with Crippen LogP contribution >= 0.6 is 15.9 Å². The Balaban J connectivity index is 2.29. The number of pyridine rings is 1. The predicted molar refractivity (Wildman–Crippen MR) is 92.3 cm³/mol. The monoisotopic (exact) mass is 362 g/mol. The Kier molecular flexibility index (Phi) is 5.19. The minimum Gasteiger partial charge on any atom is -0.311 e. The van der Waals surface area contributed by atoms with Gasteiger partial charge in [-0.2, -0.15) is 0 Å². The standard InChI is InChI=1S/C17H19BrN2O2/c1-4-20(15-7-5-6-12(2)8-15)16(21)11-19-10-14(18)9-13(3)17(19)22/h5-10H,4,11H2,1-3H3. The van der Waals surface area contributed by atoms with Crippen molar-refractivity contribution in [3.05, 3.63) is 62.5 Å². The largest absolute Gasteiger partial charge is 0.311 e. The highest BCUT2D eigenvalue weighted by molar-refractivity contribution is 9.10. The minimum absolute atomic E-state index is 0.0287. The van der Waals surface area contributed by atoms with Crippen LogP contribution in [-0.4, -0.2) is 17.0 Å². The fraction of sp³-hybridized carbons (Fsp3) is 0.294. The van der Waals surface area contributed by atoms with Gasteiger partial charge in [0.05, 0.1) is 0 Å². The Hall–Kier alpha value is -1.88. The van der Waals surface area contributed by atoms with Crippen LogP contribution < -0.4 is 10.5 Å². The molecular formula is C17H19BrN2O2. The van der Waals surface area contributed by atoms with E-state index in [0.29, 0.717) is 12.1 Å². The van der Waals surface area contributed by atoms with Crippen molar-refractivity contribution < 1.29 is 4.79 Å². The zero-order chi connectivity index (χ0) is 16.3. The second-order valence-corrected chi connectivity index (χ2v) is 6.17. The number of aryl methyl sites for hydroxylation is 2. The van der Waals surface area contributed by atoms with Crippen LogP contribution in [0.4, 0.5) is 5.69 Å². The molecule has 1 heterocycles. The highest BCUT2D eigenvalue weighted by Crippen LogP contribution is 2.16. The zero-order valence-electron chi connectivity index (χ0n) is 13.0. The van der Waals surface area contributed by atoms with Crippen LogP contribution in [0.2, 0.25) is 0 Å². The lowest BCUT2D eigenvalue weighted by atomic mass is 10.2. The van der Waals surface area contributed by atoms with Crippen molar-refractivity contribution in [2.45, 2.75) is 27.3 Å². The maximum atomic E-state index is 12.6. The zero-order valence-corrected chi connectivity index (χ0v) is 14.6. The van der Waals surface area contributed by atoms with Gasteiger partial charge < -0.3 is 9.47 Å². The third-order valence-electron chi connectivity index (χ3n) is 3.47. The van der Waals surface area contributed by atoms with Crippen molar-refractivity contribution >= 4 is 27.5 Å². The number of carbonyl (C=O) groups is 1. The van der Waals surface area contributed by atoms with Crippen LogP contribution in [0.3, 0.4) is 0 Å². The summed E-state index contributed by atoms with van der Waals surface area (Å²) in [5.41, 5.74) is 2.42. The van der Waals surface area contributed by atoms with Gasteiger partial charge >= 0.3 is 0 Å². The minimum atomic E-state index is -0.142. The summed E-state index contributed by atoms with van der Waals surface area (Å²) < 4.78 is 2.23. The number of anilines is 1. The summed E-state index contributed by atoms with van der Waals surface area (Å²) in [6, 6.07) is 9.54. The van der Waals surface area contributed by atoms with E-state index in [1.54, 1.807) is 24.1 Å². The van der Waals surface area contributed by atoms with E-state index < -0.39 is 0 Å². The molecule has 2 rings (SSSR count). The lowest BCUT2D eigenvalue weighted by Crippen LogP contribution is -2.36. The van der Waals surface area contributed by atoms with E-state index in [4.69, 9.17) is 0 Å². The van der Waals surface area contributed by atoms with Crippen LogP contribution in [-0.2, 0) is 11.3 Å². The van der Waals surface area contributed by atoms with Crippen LogP contribution in [0.1, 0.15) is 18.1 Å². The molecule has 2 aromatic rings. The summed E-state index contributed by atoms with van der Waals surface area (Å²) in [6.45, 7) is 6.25. The van der Waals surface area contributed by atoms with Gasteiger partial charge in [-0.25, -0.2) is 0 Å². The smallest absolute Gasteiger partial charge is 0.253 e. The third-order valence-corrected chi connectivity index (χ3v) is 3.90. The van der Waals surface area contributed by atoms with Crippen LogP contribution in [0.5, 0.6) is 0 Å². The summed E-state index contributed by atoms with van der Waals surface area (Å²) >= 11 is 3.36. The first-order valence-corrected chi connectivity index (χ1v) is 7.95. The van der Waals surface area contributed by atoms with Crippen molar-refractivity contribution in [2.75, 3.05) is 11.4 Å². The molecule has 1 aromatic heterocycles. The number of rotatable bonds is 4. The first-order chi connectivity index (χ1) is 10.4. The van der Waals surface area contributed by atoms with E-state index in [0.717, 1.165) is 15.7 Å². The Bertz CT molecular complexity index is 753. The quantitative estimate of drug-likeness (QED) is 0.837. The summed E-state index contributed by atoms with van der Waals surface area (Å²) in [5.74, 6) is -0.104. The van der Waals surface area contributed by atoms with Crippen LogP contribution in [0, 0.1) is 13.8 Å². The fourth-order valence-corrected chi connectivity index (χ4v) is 2.98. The van der Waals surface area contributed by atoms with Gasteiger partial charge in [0.2, 0.25) is 5.91 Å². The van der Waals surface area contributed by atoms with E-state index >= 15 is 0 Å². The molecule has 0 spiro atoms. The predicted octanol–water partition coefficient (Wildman–Crippen LogP) is 3.28. The molecule has 22 heavy (non-hydrogen) atoms. The van der Waals surface area contributed by atoms with Crippen molar-refractivity contribution in [3.63, 3.8) is 0 Å². The van der Waals surface area contributed by atoms with Crippen molar-refractivity contribution in [1.82, 2.24) is 4.57 Å². The molecule has 116 valence electrons. The number of hydrogen-bond donors (Lipinski definition) is 0. The van der Waals surface area contributed by atoms with E-state index in [-0.39, 0.29) is 18.0 Å². The normalized spacial score (nSPS) is 10.5. The molecule has 0 bridgehead atoms. The van der Waals surface area contributed by atoms with Crippen molar-refractivity contribution in [2.24, 2.45) is 0 Å². The second kappa shape index (κ2) is 6.92. The van der Waals surface area contributed by atoms with Gasteiger partial charge in [-0.05, 0) is 60.5 Å². The lowest BCUT2D eigenvalue weighted by molar-refractivity contribution is -0.119. The molecule has 0 unspecified atom stereocenters. The van der Waals surface area contributed by atoms with Gasteiger partial charge in [-0.1, -0.05) is 12.1 Å². The number of carbonyl (C=O) groups excluding carboxylic acids is 1. The topological polar surface area (TPSA) is 42.3 Å². The molecule has 0 aliphatic carbocycles. The highest BCUT2D eigenvalue weighted by Gasteiger charge is 2.15. The summed E-state index contributed by atoms with van der Waals surface area (Å²) in [7, 11) is 0. The molecule has 0 atom stereocenters. The molecule has 0 fully saturated rings. The molecule has 1 aromatic carbocycles. The SMILES string of the molecule is CCN(C(=O)Cn1cc(Br)cc(C)c1=O)c1cccc(C)c1. The van der Waals surface area contributed by atoms with E-state index in [1.165, 1.54) is 4.57 Å². The number of aromatic nitrogens is 1. The first-order valence-electron chi connectivity index (χ1n) is 7.16. The lowest BCUT2D eigenvalue weighted by Gasteiger charge is -2.22. The average molecular weight is 363 g/mol. The summed E-state index contributed by atoms with van der Waals surface area (Å²) in [5, 5.41) is 0. The van der Waals surface area contributed by atoms with Gasteiger partial charge in [0.15, 0.2) is 0 Å². The fourth-order valence-electron chi connectivity index (χ4n) is 2.39. The molecule has 0 saturated carbocycles. The summed E-state index contributed by atoms with van der Waals surface area (Å²) in [4.78, 5) is 26.4. The molecule has 4 nitrogen and oxygen atoms in total. The number of likely N-dealkylation sites (N-methyl/N-ethyl adjacent to an activating group) is 1. The van der Waals surface area contributed by atoms with E-state index in [9.17, 15) is 9.59 Å². The van der Waals surface area contributed by atoms with E-state index in [2.05, 4.69) is 15.9 Å². The number of halogens is 1. The number of nitrogens with zero attached hydrogens (tertiary/aromatic N) is 2. The summed E-state index contributed by atoms with van der Waals surface area (Å²) in [6.07, 6.45) is 1.65. The Morgan fingerprint density at radius 3 is 2.64 bits per heavy atom. The Morgan fingerprint density at radius 2 is 2.00 bits per heavy atom. The maximum Gasteiger partial charge on any atom is 0.253 e. The molecular weight excluding hydrogens is 344 g/mol. The van der Waals surface area contributed by atoms with Crippen molar-refractivity contribution in [1.29, 1.82) is 0 Å². The van der Waals surface area contributed by atoms with Gasteiger partial charge in [-0.15, -0.1) is 0 Å². The number of amides is 1. The third kappa shape index (κ3) is 3.65. The Labute approximate surface area is 138 Å². The molecule has 0 radical (unpaired) electrons. The van der Waals surface area contributed by atoms with Gasteiger partial charge in [0, 0.05) is 28.5 Å². The van der Waals surface area contributed by atoms with Crippen LogP contribution in [0.25, 0.3) is 0 Å². The maximum absolute atomic E-state index is 12.6. The van der Waals surface area contributed by atoms with Gasteiger partial charge in [-0.3, -0.25) is 9.59 Å². The number of benzene rings is 1. The molecule has 0 aliphatic heterocycles.